The van der Waals surface area contributed by atoms with E-state index in [-0.39, 0.29) is 43.0 Å². The highest BCUT2D eigenvalue weighted by molar-refractivity contribution is 5.73. The van der Waals surface area contributed by atoms with Crippen molar-refractivity contribution < 1.29 is 19.4 Å². The lowest BCUT2D eigenvalue weighted by Gasteiger charge is -2.44. The molecule has 0 bridgehead atoms. The Morgan fingerprint density at radius 1 is 1.29 bits per heavy atom. The highest BCUT2D eigenvalue weighted by atomic mass is 16.7. The lowest BCUT2D eigenvalue weighted by molar-refractivity contribution is -0.233. The third-order valence-corrected chi connectivity index (χ3v) is 4.61. The Bertz CT molecular complexity index is 428. The van der Waals surface area contributed by atoms with Gasteiger partial charge in [-0.3, -0.25) is 4.79 Å². The third kappa shape index (κ3) is 6.65. The Morgan fingerprint density at radius 2 is 2.00 bits per heavy atom. The number of hydrogen-bond acceptors (Lipinski definition) is 5. The number of rotatable bonds is 10. The van der Waals surface area contributed by atoms with Gasteiger partial charge in [0.05, 0.1) is 18.7 Å². The van der Waals surface area contributed by atoms with Crippen molar-refractivity contribution in [2.24, 2.45) is 17.0 Å². The maximum atomic E-state index is 11.5. The zero-order chi connectivity index (χ0) is 17.9. The number of aliphatic hydroxyl groups is 1. The SMILES string of the molecule is CC(=O)NC1C(OCCCCCCO)OC(CN=[N+]=[N-])C(C)C1C. The molecule has 5 unspecified atom stereocenters. The molecule has 0 radical (unpaired) electrons. The number of hydrogen-bond donors (Lipinski definition) is 2. The zero-order valence-electron chi connectivity index (χ0n) is 14.9. The van der Waals surface area contributed by atoms with Crippen molar-refractivity contribution in [3.63, 3.8) is 0 Å². The summed E-state index contributed by atoms with van der Waals surface area (Å²) in [7, 11) is 0. The van der Waals surface area contributed by atoms with Gasteiger partial charge >= 0.3 is 0 Å². The quantitative estimate of drug-likeness (QED) is 0.274. The Kier molecular flexibility index (Phi) is 9.71. The first kappa shape index (κ1) is 20.7. The molecule has 8 heteroatoms. The van der Waals surface area contributed by atoms with Crippen molar-refractivity contribution in [2.75, 3.05) is 19.8 Å². The molecule has 1 heterocycles. The molecule has 1 amide bonds. The molecular formula is C16H30N4O4. The molecule has 2 N–H and O–H groups in total. The van der Waals surface area contributed by atoms with Gasteiger partial charge in [-0.25, -0.2) is 0 Å². The fraction of sp³-hybridized carbons (Fsp3) is 0.938. The predicted molar refractivity (Wildman–Crippen MR) is 90.1 cm³/mol. The number of unbranched alkanes of at least 4 members (excludes halogenated alkanes) is 3. The Morgan fingerprint density at radius 3 is 2.62 bits per heavy atom. The summed E-state index contributed by atoms with van der Waals surface area (Å²) in [5, 5.41) is 15.3. The van der Waals surface area contributed by atoms with E-state index >= 15 is 0 Å². The summed E-state index contributed by atoms with van der Waals surface area (Å²) in [4.78, 5) is 14.3. The van der Waals surface area contributed by atoms with Crippen LogP contribution in [0.1, 0.15) is 46.5 Å². The smallest absolute Gasteiger partial charge is 0.217 e. The van der Waals surface area contributed by atoms with E-state index < -0.39 is 6.29 Å². The summed E-state index contributed by atoms with van der Waals surface area (Å²) >= 11 is 0. The molecule has 0 aromatic heterocycles. The van der Waals surface area contributed by atoms with Crippen molar-refractivity contribution in [3.8, 4) is 0 Å². The van der Waals surface area contributed by atoms with Crippen LogP contribution in [-0.2, 0) is 14.3 Å². The van der Waals surface area contributed by atoms with Gasteiger partial charge in [0, 0.05) is 25.0 Å². The fourth-order valence-corrected chi connectivity index (χ4v) is 2.96. The second-order valence-electron chi connectivity index (χ2n) is 6.41. The summed E-state index contributed by atoms with van der Waals surface area (Å²) in [6, 6.07) is -0.225. The number of amides is 1. The lowest BCUT2D eigenvalue weighted by atomic mass is 9.82. The van der Waals surface area contributed by atoms with Gasteiger partial charge < -0.3 is 19.9 Å². The summed E-state index contributed by atoms with van der Waals surface area (Å²) in [5.41, 5.74) is 8.53. The van der Waals surface area contributed by atoms with Gasteiger partial charge in [0.1, 0.15) is 0 Å². The first-order valence-corrected chi connectivity index (χ1v) is 8.67. The number of carbonyl (C=O) groups excluding carboxylic acids is 1. The van der Waals surface area contributed by atoms with E-state index in [1.807, 2.05) is 6.92 Å². The van der Waals surface area contributed by atoms with Gasteiger partial charge in [0.25, 0.3) is 0 Å². The second kappa shape index (κ2) is 11.3. The molecule has 24 heavy (non-hydrogen) atoms. The molecule has 138 valence electrons. The summed E-state index contributed by atoms with van der Waals surface area (Å²) in [6.45, 7) is 6.56. The van der Waals surface area contributed by atoms with E-state index in [1.54, 1.807) is 0 Å². The second-order valence-corrected chi connectivity index (χ2v) is 6.41. The minimum Gasteiger partial charge on any atom is -0.396 e. The van der Waals surface area contributed by atoms with Crippen LogP contribution >= 0.6 is 0 Å². The van der Waals surface area contributed by atoms with E-state index in [2.05, 4.69) is 22.3 Å². The maximum Gasteiger partial charge on any atom is 0.217 e. The van der Waals surface area contributed by atoms with Crippen LogP contribution in [0.25, 0.3) is 10.4 Å². The molecule has 0 spiro atoms. The van der Waals surface area contributed by atoms with E-state index in [0.717, 1.165) is 25.7 Å². The topological polar surface area (TPSA) is 117 Å². The van der Waals surface area contributed by atoms with Gasteiger partial charge in [0.2, 0.25) is 5.91 Å². The number of azide groups is 1. The van der Waals surface area contributed by atoms with Crippen molar-refractivity contribution in [2.45, 2.75) is 64.9 Å². The standard InChI is InChI=1S/C16H30N4O4/c1-11-12(2)15(19-13(3)22)16(24-14(11)10-18-20-17)23-9-7-5-4-6-8-21/h11-12,14-16,21H,4-10H2,1-3H3,(H,19,22). The molecule has 0 aliphatic carbocycles. The fourth-order valence-electron chi connectivity index (χ4n) is 2.96. The molecular weight excluding hydrogens is 312 g/mol. The van der Waals surface area contributed by atoms with Crippen LogP contribution in [0.4, 0.5) is 0 Å². The van der Waals surface area contributed by atoms with Crippen molar-refractivity contribution in [1.82, 2.24) is 5.32 Å². The predicted octanol–water partition coefficient (Wildman–Crippen LogP) is 2.37. The summed E-state index contributed by atoms with van der Waals surface area (Å²) in [6.07, 6.45) is 2.85. The molecule has 0 saturated carbocycles. The van der Waals surface area contributed by atoms with E-state index in [1.165, 1.54) is 6.92 Å². The van der Waals surface area contributed by atoms with Crippen molar-refractivity contribution in [3.05, 3.63) is 10.4 Å². The molecule has 5 atom stereocenters. The van der Waals surface area contributed by atoms with Gasteiger partial charge in [0.15, 0.2) is 6.29 Å². The van der Waals surface area contributed by atoms with Crippen LogP contribution in [0.3, 0.4) is 0 Å². The van der Waals surface area contributed by atoms with Crippen molar-refractivity contribution in [1.29, 1.82) is 0 Å². The Balaban J connectivity index is 2.62. The zero-order valence-corrected chi connectivity index (χ0v) is 14.9. The van der Waals surface area contributed by atoms with Crippen molar-refractivity contribution >= 4 is 5.91 Å². The minimum absolute atomic E-state index is 0.118. The van der Waals surface area contributed by atoms with Gasteiger partial charge in [-0.2, -0.15) is 0 Å². The molecule has 1 rings (SSSR count). The summed E-state index contributed by atoms with van der Waals surface area (Å²) in [5.74, 6) is 0.158. The summed E-state index contributed by atoms with van der Waals surface area (Å²) < 4.78 is 11.8. The van der Waals surface area contributed by atoms with E-state index in [9.17, 15) is 4.79 Å². The highest BCUT2D eigenvalue weighted by Crippen LogP contribution is 2.31. The Hall–Kier alpha value is -1.34. The van der Waals surface area contributed by atoms with E-state index in [0.29, 0.717) is 6.61 Å². The van der Waals surface area contributed by atoms with Gasteiger partial charge in [-0.05, 0) is 30.2 Å². The monoisotopic (exact) mass is 342 g/mol. The van der Waals surface area contributed by atoms with Gasteiger partial charge in [-0.1, -0.05) is 31.8 Å². The number of nitrogens with zero attached hydrogens (tertiary/aromatic N) is 3. The van der Waals surface area contributed by atoms with Crippen LogP contribution in [0.2, 0.25) is 0 Å². The van der Waals surface area contributed by atoms with Crippen LogP contribution in [-0.4, -0.2) is 49.2 Å². The molecule has 8 nitrogen and oxygen atoms in total. The number of carbonyl (C=O) groups is 1. The van der Waals surface area contributed by atoms with Crippen LogP contribution in [0.15, 0.2) is 5.11 Å². The number of ether oxygens (including phenoxy) is 2. The lowest BCUT2D eigenvalue weighted by Crippen LogP contribution is -2.58. The molecule has 1 fully saturated rings. The minimum atomic E-state index is -0.545. The largest absolute Gasteiger partial charge is 0.396 e. The van der Waals surface area contributed by atoms with Crippen LogP contribution < -0.4 is 5.32 Å². The number of aliphatic hydroxyl groups excluding tert-OH is 1. The first-order chi connectivity index (χ1) is 11.5. The molecule has 1 saturated heterocycles. The normalized spacial score (nSPS) is 29.8. The highest BCUT2D eigenvalue weighted by Gasteiger charge is 2.42. The molecule has 1 aliphatic rings. The first-order valence-electron chi connectivity index (χ1n) is 8.67. The Labute approximate surface area is 143 Å². The number of nitrogens with one attached hydrogen (secondary N) is 1. The molecule has 1 aliphatic heterocycles. The van der Waals surface area contributed by atoms with Crippen LogP contribution in [0, 0.1) is 11.8 Å². The average molecular weight is 342 g/mol. The van der Waals surface area contributed by atoms with Gasteiger partial charge in [-0.15, -0.1) is 0 Å². The van der Waals surface area contributed by atoms with E-state index in [4.69, 9.17) is 20.1 Å². The third-order valence-electron chi connectivity index (χ3n) is 4.61. The van der Waals surface area contributed by atoms with Crippen LogP contribution in [0.5, 0.6) is 0 Å². The molecule has 0 aromatic carbocycles. The average Bonchev–Trinajstić information content (AvgIpc) is 2.55. The maximum absolute atomic E-state index is 11.5. The molecule has 0 aromatic rings.